The predicted molar refractivity (Wildman–Crippen MR) is 96.9 cm³/mol. The number of aliphatic hydroxyl groups is 1. The molecule has 0 saturated heterocycles. The highest BCUT2D eigenvalue weighted by Gasteiger charge is 2.11. The minimum atomic E-state index is -0.694. The zero-order valence-electron chi connectivity index (χ0n) is 13.9. The smallest absolute Gasteiger partial charge is 0.224 e. The van der Waals surface area contributed by atoms with Crippen LogP contribution in [-0.2, 0) is 11.2 Å². The zero-order valence-corrected chi connectivity index (χ0v) is 13.9. The molecule has 0 bridgehead atoms. The van der Waals surface area contributed by atoms with E-state index in [9.17, 15) is 9.90 Å². The molecule has 128 valence electrons. The standard InChI is InChI=1S/C21H21NO3/c23-19(20-7-4-14-25-20)12-13-22-21(24)15-16-8-10-18(11-9-16)17-5-2-1-3-6-17/h1-11,14,19,23H,12-13,15H2,(H,22,24). The number of hydrogen-bond donors (Lipinski definition) is 2. The Labute approximate surface area is 147 Å². The lowest BCUT2D eigenvalue weighted by atomic mass is 10.0. The van der Waals surface area contributed by atoms with Gasteiger partial charge in [0.25, 0.3) is 0 Å². The van der Waals surface area contributed by atoms with E-state index in [1.807, 2.05) is 42.5 Å². The SMILES string of the molecule is O=C(Cc1ccc(-c2ccccc2)cc1)NCCC(O)c1ccco1. The Morgan fingerprint density at radius 1 is 0.960 bits per heavy atom. The van der Waals surface area contributed by atoms with Crippen molar-refractivity contribution in [1.82, 2.24) is 5.32 Å². The number of carbonyl (C=O) groups excluding carboxylic acids is 1. The molecule has 0 aliphatic carbocycles. The summed E-state index contributed by atoms with van der Waals surface area (Å²) in [6.45, 7) is 0.406. The molecule has 1 heterocycles. The van der Waals surface area contributed by atoms with Gasteiger partial charge in [-0.1, -0.05) is 54.6 Å². The second kappa shape index (κ2) is 8.31. The Kier molecular flexibility index (Phi) is 5.65. The summed E-state index contributed by atoms with van der Waals surface area (Å²) in [6, 6.07) is 21.6. The number of benzene rings is 2. The van der Waals surface area contributed by atoms with Gasteiger partial charge in [-0.25, -0.2) is 0 Å². The van der Waals surface area contributed by atoms with Crippen LogP contribution < -0.4 is 5.32 Å². The molecule has 0 aliphatic rings. The van der Waals surface area contributed by atoms with Crippen molar-refractivity contribution in [3.05, 3.63) is 84.3 Å². The second-order valence-electron chi connectivity index (χ2n) is 5.91. The van der Waals surface area contributed by atoms with E-state index in [2.05, 4.69) is 17.4 Å². The molecule has 3 aromatic rings. The van der Waals surface area contributed by atoms with Gasteiger partial charge in [0, 0.05) is 6.54 Å². The average Bonchev–Trinajstić information content (AvgIpc) is 3.18. The molecule has 1 atom stereocenters. The van der Waals surface area contributed by atoms with Crippen molar-refractivity contribution in [2.45, 2.75) is 18.9 Å². The minimum Gasteiger partial charge on any atom is -0.467 e. The maximum absolute atomic E-state index is 12.0. The van der Waals surface area contributed by atoms with Crippen molar-refractivity contribution in [2.24, 2.45) is 0 Å². The summed E-state index contributed by atoms with van der Waals surface area (Å²) in [5.41, 5.74) is 3.25. The molecule has 1 unspecified atom stereocenters. The number of carbonyl (C=O) groups is 1. The number of amides is 1. The van der Waals surface area contributed by atoms with Gasteiger partial charge < -0.3 is 14.8 Å². The van der Waals surface area contributed by atoms with Crippen LogP contribution in [0.5, 0.6) is 0 Å². The Morgan fingerprint density at radius 2 is 1.68 bits per heavy atom. The number of hydrogen-bond acceptors (Lipinski definition) is 3. The lowest BCUT2D eigenvalue weighted by Crippen LogP contribution is -2.27. The van der Waals surface area contributed by atoms with Crippen LogP contribution in [0, 0.1) is 0 Å². The summed E-state index contributed by atoms with van der Waals surface area (Å²) >= 11 is 0. The van der Waals surface area contributed by atoms with E-state index in [1.54, 1.807) is 12.1 Å². The third-order valence-electron chi connectivity index (χ3n) is 4.04. The predicted octanol–water partition coefficient (Wildman–Crippen LogP) is 3.73. The van der Waals surface area contributed by atoms with Crippen molar-refractivity contribution in [3.8, 4) is 11.1 Å². The van der Waals surface area contributed by atoms with Gasteiger partial charge in [-0.2, -0.15) is 0 Å². The fraction of sp³-hybridized carbons (Fsp3) is 0.190. The van der Waals surface area contributed by atoms with Crippen molar-refractivity contribution in [3.63, 3.8) is 0 Å². The van der Waals surface area contributed by atoms with Crippen LogP contribution in [0.4, 0.5) is 0 Å². The Morgan fingerprint density at radius 3 is 2.36 bits per heavy atom. The van der Waals surface area contributed by atoms with Crippen LogP contribution in [0.3, 0.4) is 0 Å². The normalized spacial score (nSPS) is 11.9. The summed E-state index contributed by atoms with van der Waals surface area (Å²) in [6.07, 6.45) is 1.58. The molecule has 2 N–H and O–H groups in total. The molecule has 0 aliphatic heterocycles. The molecular formula is C21H21NO3. The first kappa shape index (κ1) is 17.0. The van der Waals surface area contributed by atoms with E-state index in [-0.39, 0.29) is 5.91 Å². The molecular weight excluding hydrogens is 314 g/mol. The highest BCUT2D eigenvalue weighted by Crippen LogP contribution is 2.19. The van der Waals surface area contributed by atoms with Gasteiger partial charge in [-0.3, -0.25) is 4.79 Å². The molecule has 2 aromatic carbocycles. The highest BCUT2D eigenvalue weighted by molar-refractivity contribution is 5.78. The van der Waals surface area contributed by atoms with Crippen LogP contribution in [0.1, 0.15) is 23.8 Å². The van der Waals surface area contributed by atoms with E-state index in [0.29, 0.717) is 25.1 Å². The van der Waals surface area contributed by atoms with Crippen molar-refractivity contribution >= 4 is 5.91 Å². The molecule has 0 fully saturated rings. The zero-order chi connectivity index (χ0) is 17.5. The van der Waals surface area contributed by atoms with Crippen LogP contribution >= 0.6 is 0 Å². The van der Waals surface area contributed by atoms with Crippen LogP contribution in [0.2, 0.25) is 0 Å². The third-order valence-corrected chi connectivity index (χ3v) is 4.04. The van der Waals surface area contributed by atoms with Gasteiger partial charge >= 0.3 is 0 Å². The maximum Gasteiger partial charge on any atom is 0.224 e. The average molecular weight is 335 g/mol. The molecule has 1 aromatic heterocycles. The van der Waals surface area contributed by atoms with Gasteiger partial charge in [-0.05, 0) is 35.2 Å². The number of nitrogens with one attached hydrogen (secondary N) is 1. The summed E-state index contributed by atoms with van der Waals surface area (Å²) in [5.74, 6) is 0.463. The molecule has 4 heteroatoms. The van der Waals surface area contributed by atoms with Crippen LogP contribution in [-0.4, -0.2) is 17.6 Å². The van der Waals surface area contributed by atoms with Gasteiger partial charge in [0.2, 0.25) is 5.91 Å². The first-order chi connectivity index (χ1) is 12.2. The molecule has 0 saturated carbocycles. The number of rotatable bonds is 7. The summed E-state index contributed by atoms with van der Waals surface area (Å²) < 4.78 is 5.13. The van der Waals surface area contributed by atoms with Crippen LogP contribution in [0.15, 0.2) is 77.4 Å². The number of aliphatic hydroxyl groups excluding tert-OH is 1. The largest absolute Gasteiger partial charge is 0.467 e. The van der Waals surface area contributed by atoms with E-state index < -0.39 is 6.10 Å². The van der Waals surface area contributed by atoms with Gasteiger partial charge in [0.15, 0.2) is 0 Å². The highest BCUT2D eigenvalue weighted by atomic mass is 16.4. The molecule has 0 spiro atoms. The molecule has 1 amide bonds. The molecule has 0 radical (unpaired) electrons. The lowest BCUT2D eigenvalue weighted by molar-refractivity contribution is -0.120. The molecule has 3 rings (SSSR count). The monoisotopic (exact) mass is 335 g/mol. The van der Waals surface area contributed by atoms with E-state index in [0.717, 1.165) is 16.7 Å². The van der Waals surface area contributed by atoms with E-state index in [1.165, 1.54) is 6.26 Å². The van der Waals surface area contributed by atoms with Crippen molar-refractivity contribution in [2.75, 3.05) is 6.54 Å². The van der Waals surface area contributed by atoms with Gasteiger partial charge in [0.1, 0.15) is 11.9 Å². The Hall–Kier alpha value is -2.85. The summed E-state index contributed by atoms with van der Waals surface area (Å²) in [7, 11) is 0. The third kappa shape index (κ3) is 4.81. The van der Waals surface area contributed by atoms with Gasteiger partial charge in [0.05, 0.1) is 12.7 Å². The maximum atomic E-state index is 12.0. The quantitative estimate of drug-likeness (QED) is 0.691. The summed E-state index contributed by atoms with van der Waals surface area (Å²) in [4.78, 5) is 12.0. The van der Waals surface area contributed by atoms with E-state index in [4.69, 9.17) is 4.42 Å². The molecule has 4 nitrogen and oxygen atoms in total. The first-order valence-electron chi connectivity index (χ1n) is 8.35. The molecule has 25 heavy (non-hydrogen) atoms. The fourth-order valence-electron chi connectivity index (χ4n) is 2.66. The fourth-order valence-corrected chi connectivity index (χ4v) is 2.66. The van der Waals surface area contributed by atoms with Crippen molar-refractivity contribution in [1.29, 1.82) is 0 Å². The second-order valence-corrected chi connectivity index (χ2v) is 5.91. The van der Waals surface area contributed by atoms with E-state index >= 15 is 0 Å². The van der Waals surface area contributed by atoms with Gasteiger partial charge in [-0.15, -0.1) is 0 Å². The van der Waals surface area contributed by atoms with Crippen molar-refractivity contribution < 1.29 is 14.3 Å². The number of furan rings is 1. The van der Waals surface area contributed by atoms with Crippen LogP contribution in [0.25, 0.3) is 11.1 Å². The topological polar surface area (TPSA) is 62.5 Å². The first-order valence-corrected chi connectivity index (χ1v) is 8.35. The summed E-state index contributed by atoms with van der Waals surface area (Å²) in [5, 5.41) is 12.7. The minimum absolute atomic E-state index is 0.0564. The lowest BCUT2D eigenvalue weighted by Gasteiger charge is -2.09. The Balaban J connectivity index is 1.46. The Bertz CT molecular complexity index is 780.